The zero-order valence-electron chi connectivity index (χ0n) is 11.3. The Morgan fingerprint density at radius 3 is 2.70 bits per heavy atom. The molecular formula is C14H16N2O3S. The van der Waals surface area contributed by atoms with E-state index in [1.54, 1.807) is 0 Å². The molecule has 0 atom stereocenters. The van der Waals surface area contributed by atoms with Crippen molar-refractivity contribution >= 4 is 29.2 Å². The first-order valence-electron chi connectivity index (χ1n) is 6.81. The summed E-state index contributed by atoms with van der Waals surface area (Å²) in [4.78, 5) is 38.6. The second-order valence-electron chi connectivity index (χ2n) is 5.31. The third kappa shape index (κ3) is 1.78. The molecule has 4 amide bonds. The number of imide groups is 2. The zero-order valence-corrected chi connectivity index (χ0v) is 12.1. The lowest BCUT2D eigenvalue weighted by Crippen LogP contribution is -2.65. The summed E-state index contributed by atoms with van der Waals surface area (Å²) in [6.07, 6.45) is 2.83. The Morgan fingerprint density at radius 2 is 2.10 bits per heavy atom. The van der Waals surface area contributed by atoms with Crippen LogP contribution in [0, 0.1) is 5.41 Å². The number of aryl methyl sites for hydroxylation is 1. The minimum Gasteiger partial charge on any atom is -0.277 e. The zero-order chi connectivity index (χ0) is 14.3. The lowest BCUT2D eigenvalue weighted by atomic mass is 9.66. The van der Waals surface area contributed by atoms with Crippen LogP contribution in [-0.4, -0.2) is 22.7 Å². The summed E-state index contributed by atoms with van der Waals surface area (Å²) in [5.74, 6) is -0.746. The van der Waals surface area contributed by atoms with E-state index in [4.69, 9.17) is 0 Å². The van der Waals surface area contributed by atoms with Crippen molar-refractivity contribution in [3.63, 3.8) is 0 Å². The summed E-state index contributed by atoms with van der Waals surface area (Å²) >= 11 is 1.54. The molecule has 6 heteroatoms. The number of carbonyl (C=O) groups excluding carboxylic acids is 3. The molecule has 2 heterocycles. The first-order chi connectivity index (χ1) is 9.58. The van der Waals surface area contributed by atoms with Crippen LogP contribution in [0.4, 0.5) is 4.79 Å². The fourth-order valence-corrected chi connectivity index (χ4v) is 3.78. The molecule has 1 saturated carbocycles. The molecule has 1 aromatic rings. The molecule has 1 N–H and O–H groups in total. The summed E-state index contributed by atoms with van der Waals surface area (Å²) in [5, 5.41) is 4.30. The number of urea groups is 1. The van der Waals surface area contributed by atoms with Crippen LogP contribution in [0.2, 0.25) is 0 Å². The third-order valence-electron chi connectivity index (χ3n) is 4.28. The largest absolute Gasteiger partial charge is 0.331 e. The van der Waals surface area contributed by atoms with Gasteiger partial charge in [-0.3, -0.25) is 19.8 Å². The standard InChI is InChI=1S/C14H16N2O3S/c1-2-9-4-7-20-10(9)8-16-12(18)14(5-3-6-14)11(17)15-13(16)19/h4,7H,2-3,5-6,8H2,1H3,(H,15,17,19). The number of nitrogens with zero attached hydrogens (tertiary/aromatic N) is 1. The van der Waals surface area contributed by atoms with E-state index in [0.29, 0.717) is 12.8 Å². The van der Waals surface area contributed by atoms with Gasteiger partial charge in [0, 0.05) is 4.88 Å². The Kier molecular flexibility index (Phi) is 3.12. The van der Waals surface area contributed by atoms with E-state index in [1.807, 2.05) is 18.4 Å². The smallest absolute Gasteiger partial charge is 0.277 e. The summed E-state index contributed by atoms with van der Waals surface area (Å²) in [6, 6.07) is 1.42. The van der Waals surface area contributed by atoms with Gasteiger partial charge in [-0.25, -0.2) is 4.79 Å². The third-order valence-corrected chi connectivity index (χ3v) is 5.23. The second-order valence-corrected chi connectivity index (χ2v) is 6.31. The number of hydrogen-bond donors (Lipinski definition) is 1. The highest BCUT2D eigenvalue weighted by Gasteiger charge is 2.57. The maximum Gasteiger partial charge on any atom is 0.331 e. The molecule has 3 rings (SSSR count). The molecule has 0 radical (unpaired) electrons. The molecule has 2 aliphatic rings. The van der Waals surface area contributed by atoms with E-state index in [0.717, 1.165) is 23.3 Å². The molecule has 20 heavy (non-hydrogen) atoms. The molecule has 1 aromatic heterocycles. The fourth-order valence-electron chi connectivity index (χ4n) is 2.81. The van der Waals surface area contributed by atoms with E-state index in [-0.39, 0.29) is 12.5 Å². The minimum atomic E-state index is -0.975. The average Bonchev–Trinajstić information content (AvgIpc) is 2.79. The van der Waals surface area contributed by atoms with Gasteiger partial charge in [-0.05, 0) is 36.3 Å². The first-order valence-corrected chi connectivity index (χ1v) is 7.69. The van der Waals surface area contributed by atoms with Crippen molar-refractivity contribution in [2.75, 3.05) is 0 Å². The first kappa shape index (κ1) is 13.3. The molecule has 0 unspecified atom stereocenters. The van der Waals surface area contributed by atoms with Crippen molar-refractivity contribution in [2.45, 2.75) is 39.2 Å². The number of nitrogens with one attached hydrogen (secondary N) is 1. The van der Waals surface area contributed by atoms with Crippen molar-refractivity contribution in [1.82, 2.24) is 10.2 Å². The van der Waals surface area contributed by atoms with E-state index in [2.05, 4.69) is 5.32 Å². The maximum atomic E-state index is 12.5. The summed E-state index contributed by atoms with van der Waals surface area (Å²) in [7, 11) is 0. The lowest BCUT2D eigenvalue weighted by Gasteiger charge is -2.44. The lowest BCUT2D eigenvalue weighted by molar-refractivity contribution is -0.158. The topological polar surface area (TPSA) is 66.5 Å². The van der Waals surface area contributed by atoms with E-state index in [1.165, 1.54) is 16.2 Å². The van der Waals surface area contributed by atoms with Gasteiger partial charge in [0.1, 0.15) is 5.41 Å². The molecule has 1 saturated heterocycles. The predicted molar refractivity (Wildman–Crippen MR) is 74.1 cm³/mol. The van der Waals surface area contributed by atoms with Crippen molar-refractivity contribution in [3.05, 3.63) is 21.9 Å². The Labute approximate surface area is 121 Å². The van der Waals surface area contributed by atoms with Crippen LogP contribution in [0.1, 0.15) is 36.6 Å². The Morgan fingerprint density at radius 1 is 1.35 bits per heavy atom. The summed E-state index contributed by atoms with van der Waals surface area (Å²) in [5.41, 5.74) is 0.174. The van der Waals surface area contributed by atoms with Crippen molar-refractivity contribution in [2.24, 2.45) is 5.41 Å². The normalized spacial score (nSPS) is 21.1. The predicted octanol–water partition coefficient (Wildman–Crippen LogP) is 2.06. The molecule has 106 valence electrons. The van der Waals surface area contributed by atoms with Gasteiger partial charge in [-0.15, -0.1) is 11.3 Å². The number of rotatable bonds is 3. The molecule has 1 spiro atoms. The number of hydrogen-bond acceptors (Lipinski definition) is 4. The van der Waals surface area contributed by atoms with Crippen LogP contribution in [0.25, 0.3) is 0 Å². The molecule has 0 bridgehead atoms. The van der Waals surface area contributed by atoms with Gasteiger partial charge >= 0.3 is 6.03 Å². The molecule has 1 aliphatic carbocycles. The Balaban J connectivity index is 1.87. The highest BCUT2D eigenvalue weighted by Crippen LogP contribution is 2.44. The molecule has 2 fully saturated rings. The van der Waals surface area contributed by atoms with Crippen LogP contribution in [-0.2, 0) is 22.6 Å². The number of barbiturate groups is 1. The van der Waals surface area contributed by atoms with Gasteiger partial charge in [0.05, 0.1) is 6.54 Å². The Hall–Kier alpha value is -1.69. The van der Waals surface area contributed by atoms with Crippen molar-refractivity contribution < 1.29 is 14.4 Å². The second kappa shape index (κ2) is 4.70. The van der Waals surface area contributed by atoms with Gasteiger partial charge in [0.2, 0.25) is 11.8 Å². The molecule has 0 aromatic carbocycles. The number of amides is 4. The monoisotopic (exact) mass is 292 g/mol. The fraction of sp³-hybridized carbons (Fsp3) is 0.500. The average molecular weight is 292 g/mol. The SMILES string of the molecule is CCc1ccsc1CN1C(=O)NC(=O)C2(CCC2)C1=O. The highest BCUT2D eigenvalue weighted by molar-refractivity contribution is 7.10. The van der Waals surface area contributed by atoms with E-state index in [9.17, 15) is 14.4 Å². The van der Waals surface area contributed by atoms with E-state index >= 15 is 0 Å². The maximum absolute atomic E-state index is 12.5. The van der Waals surface area contributed by atoms with Crippen LogP contribution in [0.5, 0.6) is 0 Å². The summed E-state index contributed by atoms with van der Waals surface area (Å²) < 4.78 is 0. The van der Waals surface area contributed by atoms with E-state index < -0.39 is 17.4 Å². The number of thiophene rings is 1. The van der Waals surface area contributed by atoms with Crippen LogP contribution in [0.3, 0.4) is 0 Å². The van der Waals surface area contributed by atoms with Crippen LogP contribution in [0.15, 0.2) is 11.4 Å². The molecular weight excluding hydrogens is 276 g/mol. The highest BCUT2D eigenvalue weighted by atomic mass is 32.1. The van der Waals surface area contributed by atoms with Crippen molar-refractivity contribution in [1.29, 1.82) is 0 Å². The van der Waals surface area contributed by atoms with Crippen LogP contribution < -0.4 is 5.32 Å². The molecule has 1 aliphatic heterocycles. The quantitative estimate of drug-likeness (QED) is 0.867. The Bertz CT molecular complexity index is 589. The van der Waals surface area contributed by atoms with Gasteiger partial charge in [-0.1, -0.05) is 13.3 Å². The van der Waals surface area contributed by atoms with Crippen molar-refractivity contribution in [3.8, 4) is 0 Å². The van der Waals surface area contributed by atoms with Gasteiger partial charge in [0.25, 0.3) is 0 Å². The molecule has 5 nitrogen and oxygen atoms in total. The number of carbonyl (C=O) groups is 3. The minimum absolute atomic E-state index is 0.264. The summed E-state index contributed by atoms with van der Waals surface area (Å²) in [6.45, 7) is 2.31. The van der Waals surface area contributed by atoms with Gasteiger partial charge in [0.15, 0.2) is 0 Å². The van der Waals surface area contributed by atoms with Gasteiger partial charge < -0.3 is 0 Å². The van der Waals surface area contributed by atoms with Crippen LogP contribution >= 0.6 is 11.3 Å². The van der Waals surface area contributed by atoms with Gasteiger partial charge in [-0.2, -0.15) is 0 Å².